The number of carbonyl (C=O) groups excluding carboxylic acids is 2. The van der Waals surface area contributed by atoms with Crippen molar-refractivity contribution in [3.8, 4) is 0 Å². The van der Waals surface area contributed by atoms with E-state index in [1.165, 1.54) is 6.92 Å². The van der Waals surface area contributed by atoms with E-state index < -0.39 is 0 Å². The SMILES string of the molecule is CC(=O)OCc1ccc(COC(=O)C(C)C)cc1. The fourth-order valence-electron chi connectivity index (χ4n) is 1.24. The molecule has 0 atom stereocenters. The molecule has 0 N–H and O–H groups in total. The predicted octanol–water partition coefficient (Wildman–Crippen LogP) is 2.45. The molecule has 4 heteroatoms. The summed E-state index contributed by atoms with van der Waals surface area (Å²) in [5, 5.41) is 0. The van der Waals surface area contributed by atoms with Gasteiger partial charge in [0, 0.05) is 6.92 Å². The quantitative estimate of drug-likeness (QED) is 0.753. The maximum absolute atomic E-state index is 11.3. The minimum atomic E-state index is -0.301. The van der Waals surface area contributed by atoms with Gasteiger partial charge in [-0.05, 0) is 11.1 Å². The number of benzene rings is 1. The summed E-state index contributed by atoms with van der Waals surface area (Å²) in [5.41, 5.74) is 1.82. The van der Waals surface area contributed by atoms with Gasteiger partial charge in [-0.1, -0.05) is 38.1 Å². The lowest BCUT2D eigenvalue weighted by Gasteiger charge is -2.08. The van der Waals surface area contributed by atoms with Crippen LogP contribution in [0.25, 0.3) is 0 Å². The molecule has 0 radical (unpaired) electrons. The molecule has 0 saturated carbocycles. The van der Waals surface area contributed by atoms with Crippen LogP contribution < -0.4 is 0 Å². The molecule has 0 fully saturated rings. The van der Waals surface area contributed by atoms with Gasteiger partial charge in [0.15, 0.2) is 0 Å². The van der Waals surface area contributed by atoms with Crippen molar-refractivity contribution < 1.29 is 19.1 Å². The summed E-state index contributed by atoms with van der Waals surface area (Å²) >= 11 is 0. The summed E-state index contributed by atoms with van der Waals surface area (Å²) in [6, 6.07) is 7.40. The van der Waals surface area contributed by atoms with Gasteiger partial charge in [-0.3, -0.25) is 9.59 Å². The lowest BCUT2D eigenvalue weighted by molar-refractivity contribution is -0.148. The van der Waals surface area contributed by atoms with Crippen molar-refractivity contribution in [2.45, 2.75) is 34.0 Å². The number of carbonyl (C=O) groups is 2. The summed E-state index contributed by atoms with van der Waals surface area (Å²) < 4.78 is 9.98. The molecule has 1 aromatic rings. The molecule has 0 amide bonds. The second-order valence-corrected chi connectivity index (χ2v) is 4.36. The fourth-order valence-corrected chi connectivity index (χ4v) is 1.24. The molecular weight excluding hydrogens is 232 g/mol. The average Bonchev–Trinajstić information content (AvgIpc) is 2.34. The van der Waals surface area contributed by atoms with E-state index in [1.807, 2.05) is 24.3 Å². The summed E-state index contributed by atoms with van der Waals surface area (Å²) in [7, 11) is 0. The largest absolute Gasteiger partial charge is 0.461 e. The van der Waals surface area contributed by atoms with Crippen molar-refractivity contribution in [2.75, 3.05) is 0 Å². The molecule has 0 spiro atoms. The van der Waals surface area contributed by atoms with Crippen LogP contribution in [0.2, 0.25) is 0 Å². The Morgan fingerprint density at radius 3 is 1.83 bits per heavy atom. The summed E-state index contributed by atoms with van der Waals surface area (Å²) in [6.45, 7) is 5.50. The van der Waals surface area contributed by atoms with Gasteiger partial charge in [-0.25, -0.2) is 0 Å². The number of rotatable bonds is 5. The Labute approximate surface area is 107 Å². The maximum Gasteiger partial charge on any atom is 0.308 e. The fraction of sp³-hybridized carbons (Fsp3) is 0.429. The number of hydrogen-bond acceptors (Lipinski definition) is 4. The monoisotopic (exact) mass is 250 g/mol. The molecule has 0 aliphatic carbocycles. The van der Waals surface area contributed by atoms with Gasteiger partial charge in [-0.2, -0.15) is 0 Å². The first-order valence-corrected chi connectivity index (χ1v) is 5.87. The lowest BCUT2D eigenvalue weighted by Crippen LogP contribution is -2.11. The highest BCUT2D eigenvalue weighted by Crippen LogP contribution is 2.08. The molecular formula is C14H18O4. The predicted molar refractivity (Wildman–Crippen MR) is 66.5 cm³/mol. The lowest BCUT2D eigenvalue weighted by atomic mass is 10.1. The first-order valence-electron chi connectivity index (χ1n) is 5.87. The Balaban J connectivity index is 2.45. The summed E-state index contributed by atoms with van der Waals surface area (Å²) in [4.78, 5) is 21.9. The van der Waals surface area contributed by atoms with Gasteiger partial charge in [0.25, 0.3) is 0 Å². The third-order valence-corrected chi connectivity index (χ3v) is 2.32. The summed E-state index contributed by atoms with van der Waals surface area (Å²) in [5.74, 6) is -0.628. The van der Waals surface area contributed by atoms with Gasteiger partial charge in [0.2, 0.25) is 0 Å². The Bertz CT molecular complexity index is 406. The van der Waals surface area contributed by atoms with E-state index in [0.717, 1.165) is 11.1 Å². The first kappa shape index (κ1) is 14.2. The van der Waals surface area contributed by atoms with E-state index in [4.69, 9.17) is 9.47 Å². The molecule has 0 unspecified atom stereocenters. The molecule has 18 heavy (non-hydrogen) atoms. The van der Waals surface area contributed by atoms with Crippen LogP contribution in [0, 0.1) is 5.92 Å². The Hall–Kier alpha value is -1.84. The van der Waals surface area contributed by atoms with Crippen molar-refractivity contribution in [3.05, 3.63) is 35.4 Å². The zero-order valence-corrected chi connectivity index (χ0v) is 10.9. The third-order valence-electron chi connectivity index (χ3n) is 2.32. The second kappa shape index (κ2) is 6.79. The molecule has 98 valence electrons. The first-order chi connectivity index (χ1) is 8.49. The van der Waals surface area contributed by atoms with Crippen LogP contribution >= 0.6 is 0 Å². The third kappa shape index (κ3) is 4.99. The molecule has 1 aromatic carbocycles. The van der Waals surface area contributed by atoms with Crippen LogP contribution in [-0.2, 0) is 32.3 Å². The van der Waals surface area contributed by atoms with E-state index in [9.17, 15) is 9.59 Å². The molecule has 1 rings (SSSR count). The van der Waals surface area contributed by atoms with E-state index in [-0.39, 0.29) is 31.1 Å². The second-order valence-electron chi connectivity index (χ2n) is 4.36. The molecule has 0 bridgehead atoms. The van der Waals surface area contributed by atoms with Crippen molar-refractivity contribution in [3.63, 3.8) is 0 Å². The highest BCUT2D eigenvalue weighted by molar-refractivity contribution is 5.71. The highest BCUT2D eigenvalue weighted by Gasteiger charge is 2.08. The van der Waals surface area contributed by atoms with Crippen LogP contribution in [-0.4, -0.2) is 11.9 Å². The van der Waals surface area contributed by atoms with Crippen LogP contribution in [0.1, 0.15) is 31.9 Å². The molecule has 0 aliphatic heterocycles. The van der Waals surface area contributed by atoms with Crippen LogP contribution in [0.15, 0.2) is 24.3 Å². The number of hydrogen-bond donors (Lipinski definition) is 0. The van der Waals surface area contributed by atoms with Crippen LogP contribution in [0.5, 0.6) is 0 Å². The maximum atomic E-state index is 11.3. The van der Waals surface area contributed by atoms with Gasteiger partial charge < -0.3 is 9.47 Å². The zero-order valence-electron chi connectivity index (χ0n) is 10.9. The standard InChI is InChI=1S/C14H18O4/c1-10(2)14(16)18-9-13-6-4-12(5-7-13)8-17-11(3)15/h4-7,10H,8-9H2,1-3H3. The van der Waals surface area contributed by atoms with Crippen molar-refractivity contribution in [2.24, 2.45) is 5.92 Å². The van der Waals surface area contributed by atoms with Crippen LogP contribution in [0.4, 0.5) is 0 Å². The minimum Gasteiger partial charge on any atom is -0.461 e. The van der Waals surface area contributed by atoms with Crippen molar-refractivity contribution in [1.82, 2.24) is 0 Å². The highest BCUT2D eigenvalue weighted by atomic mass is 16.5. The van der Waals surface area contributed by atoms with Crippen molar-refractivity contribution in [1.29, 1.82) is 0 Å². The number of esters is 2. The van der Waals surface area contributed by atoms with Gasteiger partial charge in [0.1, 0.15) is 13.2 Å². The minimum absolute atomic E-state index is 0.117. The Kier molecular flexibility index (Phi) is 5.36. The molecule has 4 nitrogen and oxygen atoms in total. The zero-order chi connectivity index (χ0) is 13.5. The molecule has 0 aromatic heterocycles. The van der Waals surface area contributed by atoms with E-state index in [2.05, 4.69) is 0 Å². The molecule has 0 heterocycles. The topological polar surface area (TPSA) is 52.6 Å². The smallest absolute Gasteiger partial charge is 0.308 e. The van der Waals surface area contributed by atoms with Crippen molar-refractivity contribution >= 4 is 11.9 Å². The average molecular weight is 250 g/mol. The Morgan fingerprint density at radius 1 is 1.00 bits per heavy atom. The van der Waals surface area contributed by atoms with Crippen LogP contribution in [0.3, 0.4) is 0 Å². The summed E-state index contributed by atoms with van der Waals surface area (Å²) in [6.07, 6.45) is 0. The van der Waals surface area contributed by atoms with E-state index >= 15 is 0 Å². The van der Waals surface area contributed by atoms with E-state index in [1.54, 1.807) is 13.8 Å². The van der Waals surface area contributed by atoms with E-state index in [0.29, 0.717) is 0 Å². The molecule has 0 aliphatic rings. The Morgan fingerprint density at radius 2 is 1.44 bits per heavy atom. The molecule has 0 saturated heterocycles. The van der Waals surface area contributed by atoms with Gasteiger partial charge in [0.05, 0.1) is 5.92 Å². The number of ether oxygens (including phenoxy) is 2. The normalized spacial score (nSPS) is 10.2. The van der Waals surface area contributed by atoms with Gasteiger partial charge >= 0.3 is 11.9 Å². The van der Waals surface area contributed by atoms with Gasteiger partial charge in [-0.15, -0.1) is 0 Å².